The Bertz CT molecular complexity index is 795. The zero-order valence-electron chi connectivity index (χ0n) is 20.8. The maximum absolute atomic E-state index is 13.0. The van der Waals surface area contributed by atoms with Crippen LogP contribution < -0.4 is 0 Å². The van der Waals surface area contributed by atoms with Gasteiger partial charge in [-0.15, -0.1) is 0 Å². The van der Waals surface area contributed by atoms with Crippen molar-refractivity contribution in [2.24, 2.45) is 29.1 Å². The lowest BCUT2D eigenvalue weighted by Crippen LogP contribution is -2.44. The first-order valence-corrected chi connectivity index (χ1v) is 13.2. The van der Waals surface area contributed by atoms with Gasteiger partial charge >= 0.3 is 6.18 Å². The lowest BCUT2D eigenvalue weighted by molar-refractivity contribution is -0.185. The van der Waals surface area contributed by atoms with E-state index >= 15 is 0 Å². The molecule has 0 unspecified atom stereocenters. The first-order chi connectivity index (χ1) is 16.0. The summed E-state index contributed by atoms with van der Waals surface area (Å²) < 4.78 is 39.1. The summed E-state index contributed by atoms with van der Waals surface area (Å²) in [7, 11) is 0. The number of rotatable bonds is 4. The van der Waals surface area contributed by atoms with Crippen molar-refractivity contribution in [1.29, 1.82) is 0 Å². The van der Waals surface area contributed by atoms with Gasteiger partial charge in [-0.3, -0.25) is 0 Å². The van der Waals surface area contributed by atoms with Gasteiger partial charge in [-0.1, -0.05) is 43.7 Å². The van der Waals surface area contributed by atoms with Gasteiger partial charge in [0.1, 0.15) is 0 Å². The summed E-state index contributed by atoms with van der Waals surface area (Å²) in [5.41, 5.74) is 3.34. The van der Waals surface area contributed by atoms with E-state index in [0.29, 0.717) is 49.3 Å². The summed E-state index contributed by atoms with van der Waals surface area (Å²) in [4.78, 5) is 2.27. The molecule has 0 spiro atoms. The number of hydrogen-bond donors (Lipinski definition) is 2. The summed E-state index contributed by atoms with van der Waals surface area (Å²) >= 11 is 0. The number of piperidine rings is 1. The average molecular weight is 482 g/mol. The van der Waals surface area contributed by atoms with E-state index < -0.39 is 24.3 Å². The number of aliphatic hydroxyl groups excluding tert-OH is 2. The van der Waals surface area contributed by atoms with E-state index in [-0.39, 0.29) is 18.3 Å². The maximum atomic E-state index is 13.0. The van der Waals surface area contributed by atoms with Crippen LogP contribution in [-0.4, -0.2) is 53.1 Å². The van der Waals surface area contributed by atoms with Crippen molar-refractivity contribution >= 4 is 0 Å². The van der Waals surface area contributed by atoms with Gasteiger partial charge in [0.05, 0.1) is 18.1 Å². The number of allylic oxidation sites excluding steroid dienone is 3. The van der Waals surface area contributed by atoms with Gasteiger partial charge in [0.2, 0.25) is 0 Å². The number of alkyl halides is 3. The number of aliphatic hydroxyl groups is 2. The molecule has 34 heavy (non-hydrogen) atoms. The number of halogens is 3. The fraction of sp³-hybridized carbons (Fsp3) is 0.786. The fourth-order valence-electron chi connectivity index (χ4n) is 7.62. The van der Waals surface area contributed by atoms with Crippen LogP contribution in [0.4, 0.5) is 13.2 Å². The number of likely N-dealkylation sites (tertiary alicyclic amines) is 1. The smallest absolute Gasteiger partial charge is 0.388 e. The Hall–Kier alpha value is -1.11. The van der Waals surface area contributed by atoms with Crippen molar-refractivity contribution in [3.05, 3.63) is 35.5 Å². The zero-order valence-corrected chi connectivity index (χ0v) is 20.8. The third-order valence-electron chi connectivity index (χ3n) is 9.62. The van der Waals surface area contributed by atoms with Crippen molar-refractivity contribution in [3.8, 4) is 0 Å². The molecule has 1 saturated heterocycles. The van der Waals surface area contributed by atoms with Crippen LogP contribution in [0.2, 0.25) is 0 Å². The topological polar surface area (TPSA) is 43.7 Å². The molecule has 4 rings (SSSR count). The van der Waals surface area contributed by atoms with E-state index in [4.69, 9.17) is 0 Å². The molecule has 4 aliphatic rings. The Kier molecular flexibility index (Phi) is 7.71. The lowest BCUT2D eigenvalue weighted by atomic mass is 9.61. The highest BCUT2D eigenvalue weighted by Crippen LogP contribution is 2.59. The van der Waals surface area contributed by atoms with Crippen LogP contribution in [0.25, 0.3) is 0 Å². The van der Waals surface area contributed by atoms with E-state index in [0.717, 1.165) is 18.5 Å². The van der Waals surface area contributed by atoms with Gasteiger partial charge in [-0.05, 0) is 99.6 Å². The molecule has 6 heteroatoms. The van der Waals surface area contributed by atoms with E-state index in [1.165, 1.54) is 31.3 Å². The van der Waals surface area contributed by atoms with Crippen LogP contribution in [0.3, 0.4) is 0 Å². The standard InChI is InChI=1S/C28H42F3NO2/c1-18(17-32-13-10-22(11-14-32)28(29,30)31)23-8-9-24-21(5-4-12-27(23,24)3)7-6-20-15-25(33)19(2)26(34)16-20/h6-7,18,22-26,33-34H,2,4-5,8-17H2,1,3H3/b21-7+/t18-,23+,24-,25+,26+,27+/m0/s1. The first-order valence-electron chi connectivity index (χ1n) is 13.2. The molecule has 3 saturated carbocycles. The Morgan fingerprint density at radius 1 is 1.09 bits per heavy atom. The van der Waals surface area contributed by atoms with Crippen molar-refractivity contribution in [2.45, 2.75) is 90.0 Å². The second-order valence-electron chi connectivity index (χ2n) is 11.8. The third kappa shape index (κ3) is 5.34. The summed E-state index contributed by atoms with van der Waals surface area (Å²) in [6.45, 7) is 10.6. The molecule has 4 fully saturated rings. The molecule has 3 nitrogen and oxygen atoms in total. The van der Waals surface area contributed by atoms with Crippen LogP contribution in [0.1, 0.15) is 71.6 Å². The van der Waals surface area contributed by atoms with Gasteiger partial charge in [-0.25, -0.2) is 0 Å². The normalized spacial score (nSPS) is 38.3. The molecule has 0 aromatic rings. The second-order valence-corrected chi connectivity index (χ2v) is 11.8. The van der Waals surface area contributed by atoms with Crippen LogP contribution in [0.5, 0.6) is 0 Å². The highest BCUT2D eigenvalue weighted by molar-refractivity contribution is 5.29. The fourth-order valence-corrected chi connectivity index (χ4v) is 7.62. The van der Waals surface area contributed by atoms with Gasteiger partial charge < -0.3 is 15.1 Å². The highest BCUT2D eigenvalue weighted by Gasteiger charge is 2.51. The molecule has 6 atom stereocenters. The van der Waals surface area contributed by atoms with Gasteiger partial charge in [0, 0.05) is 6.54 Å². The summed E-state index contributed by atoms with van der Waals surface area (Å²) in [6.07, 6.45) is 6.44. The highest BCUT2D eigenvalue weighted by atomic mass is 19.4. The maximum Gasteiger partial charge on any atom is 0.391 e. The lowest BCUT2D eigenvalue weighted by Gasteiger charge is -2.45. The minimum absolute atomic E-state index is 0.235. The third-order valence-corrected chi connectivity index (χ3v) is 9.62. The van der Waals surface area contributed by atoms with Crippen LogP contribution in [0.15, 0.2) is 35.5 Å². The monoisotopic (exact) mass is 481 g/mol. The van der Waals surface area contributed by atoms with Crippen LogP contribution in [0, 0.1) is 29.1 Å². The van der Waals surface area contributed by atoms with Crippen LogP contribution >= 0.6 is 0 Å². The minimum Gasteiger partial charge on any atom is -0.388 e. The molecule has 0 amide bonds. The number of hydrogen-bond acceptors (Lipinski definition) is 3. The van der Waals surface area contributed by atoms with E-state index in [2.05, 4.69) is 37.5 Å². The summed E-state index contributed by atoms with van der Waals surface area (Å²) in [6, 6.07) is 0. The number of nitrogens with zero attached hydrogens (tertiary/aromatic N) is 1. The van der Waals surface area contributed by atoms with Crippen molar-refractivity contribution in [1.82, 2.24) is 4.90 Å². The van der Waals surface area contributed by atoms with Crippen LogP contribution in [-0.2, 0) is 0 Å². The van der Waals surface area contributed by atoms with Crippen molar-refractivity contribution in [2.75, 3.05) is 19.6 Å². The minimum atomic E-state index is -4.05. The molecule has 0 aromatic carbocycles. The predicted octanol–water partition coefficient (Wildman–Crippen LogP) is 6.04. The van der Waals surface area contributed by atoms with Crippen molar-refractivity contribution < 1.29 is 23.4 Å². The quantitative estimate of drug-likeness (QED) is 0.481. The molecule has 0 aromatic heterocycles. The predicted molar refractivity (Wildman–Crippen MR) is 129 cm³/mol. The van der Waals surface area contributed by atoms with E-state index in [9.17, 15) is 23.4 Å². The Labute approximate surface area is 202 Å². The van der Waals surface area contributed by atoms with Gasteiger partial charge in [0.25, 0.3) is 0 Å². The molecule has 2 N–H and O–H groups in total. The molecule has 192 valence electrons. The Morgan fingerprint density at radius 3 is 2.35 bits per heavy atom. The van der Waals surface area contributed by atoms with Crippen molar-refractivity contribution in [3.63, 3.8) is 0 Å². The first kappa shape index (κ1) is 26.0. The molecule has 0 radical (unpaired) electrons. The largest absolute Gasteiger partial charge is 0.391 e. The Balaban J connectivity index is 1.39. The van der Waals surface area contributed by atoms with E-state index in [1.54, 1.807) is 0 Å². The molecule has 1 heterocycles. The summed E-state index contributed by atoms with van der Waals surface area (Å²) in [5, 5.41) is 20.3. The zero-order chi connectivity index (χ0) is 24.7. The number of fused-ring (bicyclic) bond motifs is 1. The molecule has 0 bridgehead atoms. The van der Waals surface area contributed by atoms with Gasteiger partial charge in [-0.2, -0.15) is 13.2 Å². The molecular weight excluding hydrogens is 439 g/mol. The average Bonchev–Trinajstić information content (AvgIpc) is 3.13. The molecule has 3 aliphatic carbocycles. The van der Waals surface area contributed by atoms with Gasteiger partial charge in [0.15, 0.2) is 0 Å². The van der Waals surface area contributed by atoms with E-state index in [1.807, 2.05) is 0 Å². The Morgan fingerprint density at radius 2 is 1.74 bits per heavy atom. The summed E-state index contributed by atoms with van der Waals surface area (Å²) in [5.74, 6) is 0.493. The molecular formula is C28H42F3NO2. The SMILES string of the molecule is C=C1[C@H](O)CC(=C/C=C2\CCC[C@]3(C)[C@@H]([C@@H](C)CN4CCC(C(F)(F)F)CC4)CC[C@@H]23)C[C@H]1O. The second kappa shape index (κ2) is 10.1. The molecule has 1 aliphatic heterocycles.